The second-order valence-corrected chi connectivity index (χ2v) is 4.08. The van der Waals surface area contributed by atoms with Crippen molar-refractivity contribution in [2.24, 2.45) is 5.92 Å². The summed E-state index contributed by atoms with van der Waals surface area (Å²) >= 11 is 11.9. The van der Waals surface area contributed by atoms with Crippen LogP contribution in [0.2, 0.25) is 0 Å². The highest BCUT2D eigenvalue weighted by Gasteiger charge is 2.26. The van der Waals surface area contributed by atoms with Crippen LogP contribution in [0.1, 0.15) is 13.8 Å². The quantitative estimate of drug-likeness (QED) is 0.498. The predicted molar refractivity (Wildman–Crippen MR) is 46.5 cm³/mol. The maximum Gasteiger partial charge on any atom is 0.0661 e. The third-order valence-electron chi connectivity index (χ3n) is 1.87. The zero-order chi connectivity index (χ0) is 7.78. The minimum atomic E-state index is -0.252. The number of allylic oxidation sites excluding steroid dienone is 4. The van der Waals surface area contributed by atoms with Crippen molar-refractivity contribution in [2.45, 2.75) is 18.7 Å². The standard InChI is InChI=1S/C8H10Cl2/c1-6-5-7(9)3-4-8(6,2)10/h3-6H,1-2H3/t6-,8-/m0/s1. The number of halogens is 2. The van der Waals surface area contributed by atoms with Crippen molar-refractivity contribution >= 4 is 23.2 Å². The molecular formula is C8H10Cl2. The monoisotopic (exact) mass is 176 g/mol. The van der Waals surface area contributed by atoms with Gasteiger partial charge in [-0.05, 0) is 18.9 Å². The van der Waals surface area contributed by atoms with E-state index in [1.54, 1.807) is 0 Å². The second kappa shape index (κ2) is 2.60. The van der Waals surface area contributed by atoms with E-state index in [9.17, 15) is 0 Å². The fourth-order valence-corrected chi connectivity index (χ4v) is 1.23. The molecule has 0 N–H and O–H groups in total. The third kappa shape index (κ3) is 1.56. The molecule has 2 heteroatoms. The Labute approximate surface area is 71.5 Å². The molecule has 0 amide bonds. The van der Waals surface area contributed by atoms with Gasteiger partial charge in [0.2, 0.25) is 0 Å². The van der Waals surface area contributed by atoms with Crippen LogP contribution in [0, 0.1) is 5.92 Å². The van der Waals surface area contributed by atoms with E-state index in [0.717, 1.165) is 5.03 Å². The smallest absolute Gasteiger partial charge is 0.0661 e. The molecule has 0 radical (unpaired) electrons. The van der Waals surface area contributed by atoms with Gasteiger partial charge in [0.1, 0.15) is 0 Å². The summed E-state index contributed by atoms with van der Waals surface area (Å²) in [6.07, 6.45) is 5.74. The van der Waals surface area contributed by atoms with Crippen molar-refractivity contribution in [1.29, 1.82) is 0 Å². The van der Waals surface area contributed by atoms with Gasteiger partial charge in [-0.15, -0.1) is 11.6 Å². The number of alkyl halides is 1. The van der Waals surface area contributed by atoms with Gasteiger partial charge >= 0.3 is 0 Å². The third-order valence-corrected chi connectivity index (χ3v) is 2.59. The van der Waals surface area contributed by atoms with E-state index >= 15 is 0 Å². The second-order valence-electron chi connectivity index (χ2n) is 2.82. The first kappa shape index (κ1) is 8.16. The molecule has 56 valence electrons. The lowest BCUT2D eigenvalue weighted by atomic mass is 9.91. The Hall–Kier alpha value is 0.0600. The summed E-state index contributed by atoms with van der Waals surface area (Å²) in [4.78, 5) is -0.252. The molecule has 2 atom stereocenters. The Bertz CT molecular complexity index is 189. The highest BCUT2D eigenvalue weighted by molar-refractivity contribution is 6.32. The first-order valence-corrected chi connectivity index (χ1v) is 4.03. The van der Waals surface area contributed by atoms with Gasteiger partial charge < -0.3 is 0 Å². The van der Waals surface area contributed by atoms with E-state index in [1.165, 1.54) is 0 Å². The number of hydrogen-bond acceptors (Lipinski definition) is 0. The molecule has 0 saturated heterocycles. The Kier molecular flexibility index (Phi) is 2.12. The van der Waals surface area contributed by atoms with Crippen LogP contribution in [-0.2, 0) is 0 Å². The molecule has 0 fully saturated rings. The summed E-state index contributed by atoms with van der Waals surface area (Å²) in [5, 5.41) is 0.783. The van der Waals surface area contributed by atoms with E-state index in [-0.39, 0.29) is 4.87 Å². The minimum Gasteiger partial charge on any atom is -0.114 e. The van der Waals surface area contributed by atoms with Crippen LogP contribution < -0.4 is 0 Å². The van der Waals surface area contributed by atoms with Crippen molar-refractivity contribution in [3.05, 3.63) is 23.3 Å². The first-order chi connectivity index (χ1) is 4.52. The summed E-state index contributed by atoms with van der Waals surface area (Å²) < 4.78 is 0. The van der Waals surface area contributed by atoms with Gasteiger partial charge in [0.05, 0.1) is 4.87 Å². The molecule has 1 aliphatic carbocycles. The molecule has 1 aliphatic rings. The van der Waals surface area contributed by atoms with Crippen LogP contribution >= 0.6 is 23.2 Å². The zero-order valence-electron chi connectivity index (χ0n) is 6.07. The fourth-order valence-electron chi connectivity index (χ4n) is 0.852. The lowest BCUT2D eigenvalue weighted by molar-refractivity contribution is 0.588. The first-order valence-electron chi connectivity index (χ1n) is 3.28. The van der Waals surface area contributed by atoms with Gasteiger partial charge in [-0.3, -0.25) is 0 Å². The molecule has 10 heavy (non-hydrogen) atoms. The number of rotatable bonds is 0. The van der Waals surface area contributed by atoms with Crippen LogP contribution in [0.15, 0.2) is 23.3 Å². The van der Waals surface area contributed by atoms with Gasteiger partial charge in [-0.2, -0.15) is 0 Å². The molecule has 0 aromatic carbocycles. The van der Waals surface area contributed by atoms with Crippen molar-refractivity contribution in [3.8, 4) is 0 Å². The van der Waals surface area contributed by atoms with Crippen LogP contribution in [0.3, 0.4) is 0 Å². The lowest BCUT2D eigenvalue weighted by Crippen LogP contribution is -2.23. The molecule has 1 rings (SSSR count). The van der Waals surface area contributed by atoms with E-state index in [1.807, 2.05) is 25.2 Å². The Morgan fingerprint density at radius 2 is 2.20 bits per heavy atom. The van der Waals surface area contributed by atoms with Crippen molar-refractivity contribution in [1.82, 2.24) is 0 Å². The van der Waals surface area contributed by atoms with Crippen LogP contribution in [-0.4, -0.2) is 4.87 Å². The van der Waals surface area contributed by atoms with Crippen LogP contribution in [0.5, 0.6) is 0 Å². The highest BCUT2D eigenvalue weighted by Crippen LogP contribution is 2.33. The maximum absolute atomic E-state index is 6.10. The molecule has 0 aliphatic heterocycles. The van der Waals surface area contributed by atoms with Crippen molar-refractivity contribution < 1.29 is 0 Å². The topological polar surface area (TPSA) is 0 Å². The van der Waals surface area contributed by atoms with Crippen molar-refractivity contribution in [3.63, 3.8) is 0 Å². The molecule has 0 heterocycles. The summed E-state index contributed by atoms with van der Waals surface area (Å²) in [5.41, 5.74) is 0. The Morgan fingerprint density at radius 3 is 2.60 bits per heavy atom. The van der Waals surface area contributed by atoms with Gasteiger partial charge in [-0.25, -0.2) is 0 Å². The molecule has 0 aromatic heterocycles. The number of hydrogen-bond donors (Lipinski definition) is 0. The van der Waals surface area contributed by atoms with Gasteiger partial charge in [0.15, 0.2) is 0 Å². The predicted octanol–water partition coefficient (Wildman–Crippen LogP) is 3.31. The molecule has 0 unspecified atom stereocenters. The lowest BCUT2D eigenvalue weighted by Gasteiger charge is -2.26. The summed E-state index contributed by atoms with van der Waals surface area (Å²) in [6.45, 7) is 4.04. The van der Waals surface area contributed by atoms with E-state index in [0.29, 0.717) is 5.92 Å². The summed E-state index contributed by atoms with van der Waals surface area (Å²) in [7, 11) is 0. The molecule has 0 spiro atoms. The fraction of sp³-hybridized carbons (Fsp3) is 0.500. The van der Waals surface area contributed by atoms with E-state index < -0.39 is 0 Å². The molecule has 0 bridgehead atoms. The summed E-state index contributed by atoms with van der Waals surface area (Å²) in [5.74, 6) is 0.312. The largest absolute Gasteiger partial charge is 0.114 e. The summed E-state index contributed by atoms with van der Waals surface area (Å²) in [6, 6.07) is 0. The average molecular weight is 177 g/mol. The zero-order valence-corrected chi connectivity index (χ0v) is 7.58. The molecule has 0 nitrogen and oxygen atoms in total. The van der Waals surface area contributed by atoms with Crippen molar-refractivity contribution in [2.75, 3.05) is 0 Å². The van der Waals surface area contributed by atoms with Crippen LogP contribution in [0.25, 0.3) is 0 Å². The Morgan fingerprint density at radius 1 is 1.60 bits per heavy atom. The van der Waals surface area contributed by atoms with E-state index in [2.05, 4.69) is 6.92 Å². The minimum absolute atomic E-state index is 0.252. The van der Waals surface area contributed by atoms with Gasteiger partial charge in [0.25, 0.3) is 0 Å². The molecule has 0 saturated carbocycles. The maximum atomic E-state index is 6.10. The van der Waals surface area contributed by atoms with Gasteiger partial charge in [0, 0.05) is 5.03 Å². The van der Waals surface area contributed by atoms with E-state index in [4.69, 9.17) is 23.2 Å². The molecular weight excluding hydrogens is 167 g/mol. The Balaban J connectivity index is 2.84. The van der Waals surface area contributed by atoms with Gasteiger partial charge in [-0.1, -0.05) is 30.7 Å². The average Bonchev–Trinajstić information content (AvgIpc) is 1.81. The SMILES string of the molecule is C[C@H]1C=C(Cl)C=C[C@]1(C)Cl. The normalized spacial score (nSPS) is 39.6. The van der Waals surface area contributed by atoms with Crippen LogP contribution in [0.4, 0.5) is 0 Å². The molecule has 0 aromatic rings. The highest BCUT2D eigenvalue weighted by atomic mass is 35.5.